The van der Waals surface area contributed by atoms with Gasteiger partial charge in [0.1, 0.15) is 0 Å². The van der Waals surface area contributed by atoms with Crippen molar-refractivity contribution in [3.8, 4) is 0 Å². The van der Waals surface area contributed by atoms with E-state index in [1.165, 1.54) is 5.70 Å². The lowest BCUT2D eigenvalue weighted by Gasteiger charge is -2.20. The van der Waals surface area contributed by atoms with Crippen molar-refractivity contribution in [2.45, 2.75) is 73.1 Å². The maximum atomic E-state index is 12.3. The van der Waals surface area contributed by atoms with Crippen LogP contribution < -0.4 is 10.6 Å². The molecule has 0 aromatic rings. The van der Waals surface area contributed by atoms with E-state index in [1.54, 1.807) is 6.20 Å². The molecule has 0 spiro atoms. The summed E-state index contributed by atoms with van der Waals surface area (Å²) in [4.78, 5) is 12.3. The molecule has 23 heavy (non-hydrogen) atoms. The number of rotatable bonds is 13. The molecule has 0 radical (unpaired) electrons. The molecule has 0 saturated carbocycles. The summed E-state index contributed by atoms with van der Waals surface area (Å²) in [6.45, 7) is 15.3. The van der Waals surface area contributed by atoms with Gasteiger partial charge in [-0.15, -0.1) is 0 Å². The Kier molecular flexibility index (Phi) is 12.5. The molecule has 0 aliphatic rings. The molecule has 0 aromatic heterocycles. The Bertz CT molecular complexity index is 361. The smallest absolute Gasteiger partial charge is 0.223 e. The maximum absolute atomic E-state index is 12.3. The molecule has 2 atom stereocenters. The van der Waals surface area contributed by atoms with Crippen molar-refractivity contribution in [3.05, 3.63) is 24.6 Å². The van der Waals surface area contributed by atoms with Crippen LogP contribution in [0.5, 0.6) is 0 Å². The van der Waals surface area contributed by atoms with E-state index in [-0.39, 0.29) is 11.8 Å². The minimum Gasteiger partial charge on any atom is -0.366 e. The second-order valence-corrected chi connectivity index (χ2v) is 6.81. The Morgan fingerprint density at radius 2 is 1.87 bits per heavy atom. The van der Waals surface area contributed by atoms with Gasteiger partial charge in [0.25, 0.3) is 0 Å². The number of nitrogens with one attached hydrogen (secondary N) is 2. The van der Waals surface area contributed by atoms with Crippen LogP contribution in [-0.4, -0.2) is 12.5 Å². The van der Waals surface area contributed by atoms with Gasteiger partial charge >= 0.3 is 0 Å². The van der Waals surface area contributed by atoms with Crippen molar-refractivity contribution in [3.63, 3.8) is 0 Å². The molecule has 3 nitrogen and oxygen atoms in total. The molecule has 0 bridgehead atoms. The summed E-state index contributed by atoms with van der Waals surface area (Å²) in [7, 11) is 0. The predicted molar refractivity (Wildman–Crippen MR) is 101 cm³/mol. The first-order valence-electron chi connectivity index (χ1n) is 9.31. The first-order chi connectivity index (χ1) is 11.0. The van der Waals surface area contributed by atoms with Gasteiger partial charge in [0.05, 0.1) is 0 Å². The minimum absolute atomic E-state index is 0.149. The first kappa shape index (κ1) is 21.8. The van der Waals surface area contributed by atoms with E-state index in [0.29, 0.717) is 11.8 Å². The third-order valence-corrected chi connectivity index (χ3v) is 4.35. The molecule has 134 valence electrons. The van der Waals surface area contributed by atoms with E-state index in [0.717, 1.165) is 45.1 Å². The summed E-state index contributed by atoms with van der Waals surface area (Å²) >= 11 is 0. The zero-order chi connectivity index (χ0) is 17.7. The Labute approximate surface area is 144 Å². The van der Waals surface area contributed by atoms with Crippen LogP contribution in [0.25, 0.3) is 0 Å². The van der Waals surface area contributed by atoms with E-state index in [2.05, 4.69) is 57.9 Å². The lowest BCUT2D eigenvalue weighted by molar-refractivity contribution is -0.126. The van der Waals surface area contributed by atoms with Crippen LogP contribution in [-0.2, 0) is 4.79 Å². The van der Waals surface area contributed by atoms with E-state index in [4.69, 9.17) is 0 Å². The van der Waals surface area contributed by atoms with Gasteiger partial charge in [-0.1, -0.05) is 66.5 Å². The standard InChI is InChI=1S/C20H38N2O/c1-7-10-13-19(16(4)5)20(23)22-14-11-12-18(21-9-3)15-17(6)8-2/h9,15-17,19,21H,3,7-8,10-14H2,1-2,4-6H3,(H,22,23)/b18-15-/t17?,19-/m1/s1. The van der Waals surface area contributed by atoms with Crippen LogP contribution in [0.2, 0.25) is 0 Å². The average Bonchev–Trinajstić information content (AvgIpc) is 2.51. The van der Waals surface area contributed by atoms with Crippen molar-refractivity contribution in [2.75, 3.05) is 6.54 Å². The van der Waals surface area contributed by atoms with E-state index < -0.39 is 0 Å². The zero-order valence-electron chi connectivity index (χ0n) is 16.0. The van der Waals surface area contributed by atoms with Gasteiger partial charge < -0.3 is 10.6 Å². The normalized spacial score (nSPS) is 14.4. The number of hydrogen-bond acceptors (Lipinski definition) is 2. The van der Waals surface area contributed by atoms with Gasteiger partial charge in [-0.3, -0.25) is 4.79 Å². The fourth-order valence-corrected chi connectivity index (χ4v) is 2.61. The van der Waals surface area contributed by atoms with Gasteiger partial charge in [-0.25, -0.2) is 0 Å². The summed E-state index contributed by atoms with van der Waals surface area (Å²) in [5.41, 5.74) is 1.20. The topological polar surface area (TPSA) is 41.1 Å². The Hall–Kier alpha value is -1.25. The van der Waals surface area contributed by atoms with Gasteiger partial charge in [0.2, 0.25) is 5.91 Å². The molecule has 0 saturated heterocycles. The molecule has 0 aliphatic heterocycles. The number of hydrogen-bond donors (Lipinski definition) is 2. The molecular formula is C20H38N2O. The van der Waals surface area contributed by atoms with E-state index >= 15 is 0 Å². The summed E-state index contributed by atoms with van der Waals surface area (Å²) in [5.74, 6) is 1.34. The van der Waals surface area contributed by atoms with Gasteiger partial charge in [-0.2, -0.15) is 0 Å². The fraction of sp³-hybridized carbons (Fsp3) is 0.750. The molecule has 2 N–H and O–H groups in total. The SMILES string of the molecule is C=CN/C(=C\C(C)CC)CCCNC(=O)[C@H](CCCC)C(C)C. The van der Waals surface area contributed by atoms with Crippen molar-refractivity contribution in [2.24, 2.45) is 17.8 Å². The Balaban J connectivity index is 4.27. The molecule has 3 heteroatoms. The molecule has 0 rings (SSSR count). The van der Waals surface area contributed by atoms with E-state index in [1.807, 2.05) is 0 Å². The van der Waals surface area contributed by atoms with Crippen molar-refractivity contribution in [1.82, 2.24) is 10.6 Å². The number of carbonyl (C=O) groups excluding carboxylic acids is 1. The van der Waals surface area contributed by atoms with Crippen LogP contribution in [0.15, 0.2) is 24.6 Å². The van der Waals surface area contributed by atoms with Gasteiger partial charge in [0.15, 0.2) is 0 Å². The Morgan fingerprint density at radius 3 is 2.39 bits per heavy atom. The Morgan fingerprint density at radius 1 is 1.17 bits per heavy atom. The third-order valence-electron chi connectivity index (χ3n) is 4.35. The highest BCUT2D eigenvalue weighted by molar-refractivity contribution is 5.78. The van der Waals surface area contributed by atoms with E-state index in [9.17, 15) is 4.79 Å². The summed E-state index contributed by atoms with van der Waals surface area (Å²) in [6, 6.07) is 0. The fourth-order valence-electron chi connectivity index (χ4n) is 2.61. The molecule has 0 heterocycles. The average molecular weight is 323 g/mol. The largest absolute Gasteiger partial charge is 0.366 e. The van der Waals surface area contributed by atoms with Crippen molar-refractivity contribution >= 4 is 5.91 Å². The predicted octanol–water partition coefficient (Wildman–Crippen LogP) is 5.01. The highest BCUT2D eigenvalue weighted by atomic mass is 16.1. The number of amides is 1. The van der Waals surface area contributed by atoms with Crippen molar-refractivity contribution < 1.29 is 4.79 Å². The molecule has 0 aromatic carbocycles. The molecule has 0 aliphatic carbocycles. The summed E-state index contributed by atoms with van der Waals surface area (Å²) in [5, 5.41) is 6.34. The molecule has 1 amide bonds. The van der Waals surface area contributed by atoms with Crippen LogP contribution in [0.1, 0.15) is 73.1 Å². The number of carbonyl (C=O) groups is 1. The number of unbranched alkanes of at least 4 members (excludes halogenated alkanes) is 1. The molecule has 0 fully saturated rings. The zero-order valence-corrected chi connectivity index (χ0v) is 16.0. The van der Waals surface area contributed by atoms with Crippen LogP contribution in [0, 0.1) is 17.8 Å². The van der Waals surface area contributed by atoms with Gasteiger partial charge in [-0.05, 0) is 37.3 Å². The maximum Gasteiger partial charge on any atom is 0.223 e. The lowest BCUT2D eigenvalue weighted by atomic mass is 9.90. The third kappa shape index (κ3) is 10.2. The highest BCUT2D eigenvalue weighted by Gasteiger charge is 2.20. The van der Waals surface area contributed by atoms with Crippen LogP contribution in [0.3, 0.4) is 0 Å². The highest BCUT2D eigenvalue weighted by Crippen LogP contribution is 2.18. The molecule has 1 unspecified atom stereocenters. The van der Waals surface area contributed by atoms with Crippen LogP contribution in [0.4, 0.5) is 0 Å². The van der Waals surface area contributed by atoms with Crippen molar-refractivity contribution in [1.29, 1.82) is 0 Å². The number of allylic oxidation sites excluding steroid dienone is 2. The monoisotopic (exact) mass is 322 g/mol. The van der Waals surface area contributed by atoms with Gasteiger partial charge in [0, 0.05) is 18.2 Å². The van der Waals surface area contributed by atoms with Crippen LogP contribution >= 0.6 is 0 Å². The first-order valence-corrected chi connectivity index (χ1v) is 9.31. The summed E-state index contributed by atoms with van der Waals surface area (Å²) in [6.07, 6.45) is 10.3. The lowest BCUT2D eigenvalue weighted by Crippen LogP contribution is -2.34. The summed E-state index contributed by atoms with van der Waals surface area (Å²) < 4.78 is 0. The molecular weight excluding hydrogens is 284 g/mol. The second kappa shape index (κ2) is 13.2. The minimum atomic E-state index is 0.149. The second-order valence-electron chi connectivity index (χ2n) is 6.81. The quantitative estimate of drug-likeness (QED) is 0.468.